The largest absolute Gasteiger partial charge is 0.496 e. The Hall–Kier alpha value is -1.07. The SMILES string of the molecule is COc1ccc(Br)cc1C(=O)N1CCCC1(C)CN. The van der Waals surface area contributed by atoms with Gasteiger partial charge in [-0.3, -0.25) is 4.79 Å². The third kappa shape index (κ3) is 2.62. The zero-order valence-electron chi connectivity index (χ0n) is 11.3. The predicted molar refractivity (Wildman–Crippen MR) is 78.4 cm³/mol. The summed E-state index contributed by atoms with van der Waals surface area (Å²) in [6, 6.07) is 5.46. The molecular formula is C14H19BrN2O2. The molecule has 4 nitrogen and oxygen atoms in total. The lowest BCUT2D eigenvalue weighted by atomic mass is 9.98. The standard InChI is InChI=1S/C14H19BrN2O2/c1-14(9-16)6-3-7-17(14)13(18)11-8-10(15)4-5-12(11)19-2/h4-5,8H,3,6-7,9,16H2,1-2H3. The van der Waals surface area contributed by atoms with Gasteiger partial charge in [0, 0.05) is 17.6 Å². The number of ether oxygens (including phenoxy) is 1. The summed E-state index contributed by atoms with van der Waals surface area (Å²) in [7, 11) is 1.58. The number of rotatable bonds is 3. The Kier molecular flexibility index (Phi) is 4.16. The summed E-state index contributed by atoms with van der Waals surface area (Å²) >= 11 is 3.40. The number of hydrogen-bond donors (Lipinski definition) is 1. The Morgan fingerprint density at radius 3 is 2.95 bits per heavy atom. The first kappa shape index (κ1) is 14.3. The summed E-state index contributed by atoms with van der Waals surface area (Å²) in [5, 5.41) is 0. The molecule has 1 fully saturated rings. The van der Waals surface area contributed by atoms with Crippen LogP contribution in [0.15, 0.2) is 22.7 Å². The number of carbonyl (C=O) groups excluding carboxylic acids is 1. The molecule has 2 N–H and O–H groups in total. The van der Waals surface area contributed by atoms with Gasteiger partial charge in [-0.05, 0) is 38.0 Å². The molecule has 1 amide bonds. The molecule has 0 spiro atoms. The lowest BCUT2D eigenvalue weighted by Crippen LogP contribution is -2.50. The van der Waals surface area contributed by atoms with Gasteiger partial charge in [-0.25, -0.2) is 0 Å². The van der Waals surface area contributed by atoms with Gasteiger partial charge in [-0.15, -0.1) is 0 Å². The van der Waals surface area contributed by atoms with Gasteiger partial charge in [0.15, 0.2) is 0 Å². The Bertz CT molecular complexity index is 492. The van der Waals surface area contributed by atoms with Crippen molar-refractivity contribution in [1.82, 2.24) is 4.90 Å². The second kappa shape index (κ2) is 5.51. The van der Waals surface area contributed by atoms with Gasteiger partial charge in [-0.1, -0.05) is 15.9 Å². The molecule has 0 aromatic heterocycles. The first-order valence-corrected chi connectivity index (χ1v) is 7.17. The second-order valence-electron chi connectivity index (χ2n) is 5.11. The van der Waals surface area contributed by atoms with Crippen molar-refractivity contribution in [3.05, 3.63) is 28.2 Å². The summed E-state index contributed by atoms with van der Waals surface area (Å²) in [5.74, 6) is 0.586. The average molecular weight is 327 g/mol. The van der Waals surface area contributed by atoms with E-state index in [2.05, 4.69) is 15.9 Å². The zero-order chi connectivity index (χ0) is 14.0. The lowest BCUT2D eigenvalue weighted by molar-refractivity contribution is 0.0633. The summed E-state index contributed by atoms with van der Waals surface area (Å²) in [6.45, 7) is 3.28. The van der Waals surface area contributed by atoms with Crippen molar-refractivity contribution in [2.75, 3.05) is 20.2 Å². The lowest BCUT2D eigenvalue weighted by Gasteiger charge is -2.34. The Morgan fingerprint density at radius 2 is 2.32 bits per heavy atom. The van der Waals surface area contributed by atoms with Gasteiger partial charge in [0.1, 0.15) is 5.75 Å². The van der Waals surface area contributed by atoms with Crippen LogP contribution in [0.5, 0.6) is 5.75 Å². The fraction of sp³-hybridized carbons (Fsp3) is 0.500. The molecule has 1 aromatic rings. The summed E-state index contributed by atoms with van der Waals surface area (Å²) in [5.41, 5.74) is 6.18. The molecule has 104 valence electrons. The number of amides is 1. The van der Waals surface area contributed by atoms with Crippen molar-refractivity contribution in [1.29, 1.82) is 0 Å². The van der Waals surface area contributed by atoms with E-state index in [0.29, 0.717) is 17.9 Å². The van der Waals surface area contributed by atoms with E-state index in [1.807, 2.05) is 17.9 Å². The third-order valence-electron chi connectivity index (χ3n) is 3.83. The number of nitrogens with zero attached hydrogens (tertiary/aromatic N) is 1. The topological polar surface area (TPSA) is 55.6 Å². The molecular weight excluding hydrogens is 308 g/mol. The monoisotopic (exact) mass is 326 g/mol. The average Bonchev–Trinajstić information content (AvgIpc) is 2.80. The van der Waals surface area contributed by atoms with Crippen LogP contribution in [0, 0.1) is 0 Å². The highest BCUT2D eigenvalue weighted by Crippen LogP contribution is 2.32. The summed E-state index contributed by atoms with van der Waals surface area (Å²) in [6.07, 6.45) is 1.95. The van der Waals surface area contributed by atoms with Gasteiger partial charge in [-0.2, -0.15) is 0 Å². The predicted octanol–water partition coefficient (Wildman–Crippen LogP) is 2.41. The first-order chi connectivity index (χ1) is 9.01. The highest BCUT2D eigenvalue weighted by molar-refractivity contribution is 9.10. The number of halogens is 1. The molecule has 1 saturated heterocycles. The Morgan fingerprint density at radius 1 is 1.58 bits per heavy atom. The maximum atomic E-state index is 12.7. The Labute approximate surface area is 122 Å². The number of hydrogen-bond acceptors (Lipinski definition) is 3. The fourth-order valence-electron chi connectivity index (χ4n) is 2.57. The quantitative estimate of drug-likeness (QED) is 0.928. The first-order valence-electron chi connectivity index (χ1n) is 6.37. The third-order valence-corrected chi connectivity index (χ3v) is 4.32. The molecule has 1 heterocycles. The number of likely N-dealkylation sites (tertiary alicyclic amines) is 1. The van der Waals surface area contributed by atoms with Crippen molar-refractivity contribution in [2.45, 2.75) is 25.3 Å². The molecule has 1 aliphatic heterocycles. The van der Waals surface area contributed by atoms with E-state index < -0.39 is 0 Å². The van der Waals surface area contributed by atoms with Crippen LogP contribution in [0.1, 0.15) is 30.1 Å². The van der Waals surface area contributed by atoms with Crippen molar-refractivity contribution >= 4 is 21.8 Å². The van der Waals surface area contributed by atoms with Gasteiger partial charge < -0.3 is 15.4 Å². The number of nitrogens with two attached hydrogens (primary N) is 1. The van der Waals surface area contributed by atoms with E-state index in [1.54, 1.807) is 19.2 Å². The summed E-state index contributed by atoms with van der Waals surface area (Å²) in [4.78, 5) is 14.6. The van der Waals surface area contributed by atoms with Crippen molar-refractivity contribution in [2.24, 2.45) is 5.73 Å². The number of benzene rings is 1. The Balaban J connectivity index is 2.36. The highest BCUT2D eigenvalue weighted by Gasteiger charge is 2.39. The molecule has 0 saturated carbocycles. The van der Waals surface area contributed by atoms with Crippen LogP contribution in [0.3, 0.4) is 0 Å². The van der Waals surface area contributed by atoms with Crippen LogP contribution < -0.4 is 10.5 Å². The van der Waals surface area contributed by atoms with Crippen molar-refractivity contribution < 1.29 is 9.53 Å². The molecule has 0 aliphatic carbocycles. The van der Waals surface area contributed by atoms with Crippen LogP contribution in [0.2, 0.25) is 0 Å². The highest BCUT2D eigenvalue weighted by atomic mass is 79.9. The smallest absolute Gasteiger partial charge is 0.258 e. The normalized spacial score (nSPS) is 22.6. The molecule has 5 heteroatoms. The molecule has 1 aliphatic rings. The van der Waals surface area contributed by atoms with Crippen molar-refractivity contribution in [3.63, 3.8) is 0 Å². The van der Waals surface area contributed by atoms with Crippen LogP contribution >= 0.6 is 15.9 Å². The maximum Gasteiger partial charge on any atom is 0.258 e. The van der Waals surface area contributed by atoms with E-state index in [9.17, 15) is 4.79 Å². The van der Waals surface area contributed by atoms with E-state index >= 15 is 0 Å². The van der Waals surface area contributed by atoms with Gasteiger partial charge in [0.25, 0.3) is 5.91 Å². The molecule has 1 aromatic carbocycles. The van der Waals surface area contributed by atoms with Crippen LogP contribution in [0.4, 0.5) is 0 Å². The van der Waals surface area contributed by atoms with E-state index in [-0.39, 0.29) is 11.4 Å². The molecule has 1 atom stereocenters. The van der Waals surface area contributed by atoms with E-state index in [0.717, 1.165) is 23.9 Å². The molecule has 2 rings (SSSR count). The fourth-order valence-corrected chi connectivity index (χ4v) is 2.94. The van der Waals surface area contributed by atoms with Crippen LogP contribution in [0.25, 0.3) is 0 Å². The van der Waals surface area contributed by atoms with E-state index in [1.165, 1.54) is 0 Å². The minimum absolute atomic E-state index is 0.0106. The van der Waals surface area contributed by atoms with Gasteiger partial charge in [0.2, 0.25) is 0 Å². The second-order valence-corrected chi connectivity index (χ2v) is 6.02. The minimum Gasteiger partial charge on any atom is -0.496 e. The molecule has 0 bridgehead atoms. The van der Waals surface area contributed by atoms with Crippen LogP contribution in [-0.4, -0.2) is 36.5 Å². The molecule has 1 unspecified atom stereocenters. The minimum atomic E-state index is -0.246. The summed E-state index contributed by atoms with van der Waals surface area (Å²) < 4.78 is 6.15. The van der Waals surface area contributed by atoms with Crippen molar-refractivity contribution in [3.8, 4) is 5.75 Å². The van der Waals surface area contributed by atoms with E-state index in [4.69, 9.17) is 10.5 Å². The maximum absolute atomic E-state index is 12.7. The number of carbonyl (C=O) groups is 1. The van der Waals surface area contributed by atoms with Crippen LogP contribution in [-0.2, 0) is 0 Å². The zero-order valence-corrected chi connectivity index (χ0v) is 12.9. The molecule has 0 radical (unpaired) electrons. The van der Waals surface area contributed by atoms with Gasteiger partial charge >= 0.3 is 0 Å². The number of methoxy groups -OCH3 is 1. The molecule has 19 heavy (non-hydrogen) atoms. The van der Waals surface area contributed by atoms with Gasteiger partial charge in [0.05, 0.1) is 18.2 Å².